The second-order valence-corrected chi connectivity index (χ2v) is 5.19. The summed E-state index contributed by atoms with van der Waals surface area (Å²) in [5.41, 5.74) is 0.352. The lowest BCUT2D eigenvalue weighted by Gasteiger charge is -2.23. The van der Waals surface area contributed by atoms with Crippen molar-refractivity contribution in [3.05, 3.63) is 24.3 Å². The van der Waals surface area contributed by atoms with Crippen molar-refractivity contribution in [2.45, 2.75) is 27.2 Å². The number of benzene rings is 1. The summed E-state index contributed by atoms with van der Waals surface area (Å²) in [5, 5.41) is 3.42. The van der Waals surface area contributed by atoms with E-state index < -0.39 is 0 Å². The van der Waals surface area contributed by atoms with E-state index in [2.05, 4.69) is 26.1 Å². The summed E-state index contributed by atoms with van der Waals surface area (Å²) in [4.78, 5) is 0. The van der Waals surface area contributed by atoms with E-state index in [0.29, 0.717) is 12.0 Å². The van der Waals surface area contributed by atoms with E-state index in [1.807, 2.05) is 24.3 Å². The molecule has 0 unspecified atom stereocenters. The first-order valence-corrected chi connectivity index (χ1v) is 6.55. The average molecular weight is 251 g/mol. The van der Waals surface area contributed by atoms with Gasteiger partial charge in [0.25, 0.3) is 0 Å². The highest BCUT2D eigenvalue weighted by atomic mass is 16.5. The van der Waals surface area contributed by atoms with Gasteiger partial charge in [-0.3, -0.25) is 0 Å². The van der Waals surface area contributed by atoms with Gasteiger partial charge in [-0.15, -0.1) is 0 Å². The fourth-order valence-electron chi connectivity index (χ4n) is 1.52. The maximum atomic E-state index is 5.69. The Morgan fingerprint density at radius 1 is 1.17 bits per heavy atom. The minimum Gasteiger partial charge on any atom is -0.493 e. The molecule has 0 fully saturated rings. The minimum atomic E-state index is 0.352. The zero-order valence-corrected chi connectivity index (χ0v) is 12.0. The molecule has 0 heterocycles. The molecule has 18 heavy (non-hydrogen) atoms. The smallest absolute Gasteiger partial charge is 0.161 e. The van der Waals surface area contributed by atoms with Crippen LogP contribution in [0.5, 0.6) is 11.5 Å². The van der Waals surface area contributed by atoms with Gasteiger partial charge in [-0.1, -0.05) is 32.9 Å². The SMILES string of the molecule is CCC(C)(C)CNCCOc1ccccc1OC. The summed E-state index contributed by atoms with van der Waals surface area (Å²) in [5.74, 6) is 1.59. The van der Waals surface area contributed by atoms with Gasteiger partial charge in [-0.05, 0) is 24.0 Å². The van der Waals surface area contributed by atoms with Crippen molar-refractivity contribution in [1.82, 2.24) is 5.32 Å². The normalized spacial score (nSPS) is 11.3. The van der Waals surface area contributed by atoms with Crippen LogP contribution in [0.15, 0.2) is 24.3 Å². The molecule has 102 valence electrons. The molecule has 0 atom stereocenters. The fourth-order valence-corrected chi connectivity index (χ4v) is 1.52. The van der Waals surface area contributed by atoms with Crippen LogP contribution in [0.25, 0.3) is 0 Å². The standard InChI is InChI=1S/C15H25NO2/c1-5-15(2,3)12-16-10-11-18-14-9-7-6-8-13(14)17-4/h6-9,16H,5,10-12H2,1-4H3. The molecule has 1 rings (SSSR count). The van der Waals surface area contributed by atoms with E-state index in [0.717, 1.165) is 24.6 Å². The van der Waals surface area contributed by atoms with Crippen LogP contribution in [0.2, 0.25) is 0 Å². The number of para-hydroxylation sites is 2. The van der Waals surface area contributed by atoms with Crippen LogP contribution in [0.4, 0.5) is 0 Å². The Labute approximate surface area is 110 Å². The molecule has 0 aliphatic carbocycles. The summed E-state index contributed by atoms with van der Waals surface area (Å²) in [6, 6.07) is 7.72. The Kier molecular flexibility index (Phi) is 5.99. The molecular weight excluding hydrogens is 226 g/mol. The van der Waals surface area contributed by atoms with Crippen LogP contribution in [0, 0.1) is 5.41 Å². The van der Waals surface area contributed by atoms with Gasteiger partial charge in [0.15, 0.2) is 11.5 Å². The molecule has 1 N–H and O–H groups in total. The Hall–Kier alpha value is -1.22. The van der Waals surface area contributed by atoms with Crippen LogP contribution in [0.3, 0.4) is 0 Å². The van der Waals surface area contributed by atoms with Gasteiger partial charge in [0, 0.05) is 13.1 Å². The Balaban J connectivity index is 2.26. The summed E-state index contributed by atoms with van der Waals surface area (Å²) < 4.78 is 10.9. The minimum absolute atomic E-state index is 0.352. The maximum absolute atomic E-state index is 5.69. The third-order valence-corrected chi connectivity index (χ3v) is 3.17. The third kappa shape index (κ3) is 4.96. The predicted octanol–water partition coefficient (Wildman–Crippen LogP) is 3.10. The first-order chi connectivity index (χ1) is 8.59. The number of methoxy groups -OCH3 is 1. The quantitative estimate of drug-likeness (QED) is 0.720. The van der Waals surface area contributed by atoms with E-state index in [4.69, 9.17) is 9.47 Å². The van der Waals surface area contributed by atoms with Crippen molar-refractivity contribution in [2.24, 2.45) is 5.41 Å². The van der Waals surface area contributed by atoms with Crippen molar-refractivity contribution >= 4 is 0 Å². The second-order valence-electron chi connectivity index (χ2n) is 5.19. The second kappa shape index (κ2) is 7.27. The Morgan fingerprint density at radius 3 is 2.44 bits per heavy atom. The molecule has 3 heteroatoms. The highest BCUT2D eigenvalue weighted by Gasteiger charge is 2.13. The number of hydrogen-bond donors (Lipinski definition) is 1. The zero-order chi connectivity index (χ0) is 13.4. The van der Waals surface area contributed by atoms with Gasteiger partial charge < -0.3 is 14.8 Å². The largest absolute Gasteiger partial charge is 0.493 e. The van der Waals surface area contributed by atoms with Crippen LogP contribution < -0.4 is 14.8 Å². The summed E-state index contributed by atoms with van der Waals surface area (Å²) >= 11 is 0. The van der Waals surface area contributed by atoms with Crippen LogP contribution in [-0.4, -0.2) is 26.8 Å². The van der Waals surface area contributed by atoms with Gasteiger partial charge in [0.1, 0.15) is 6.61 Å². The number of nitrogens with one attached hydrogen (secondary N) is 1. The summed E-state index contributed by atoms with van der Waals surface area (Å²) in [6.07, 6.45) is 1.17. The molecule has 0 saturated heterocycles. The van der Waals surface area contributed by atoms with E-state index in [9.17, 15) is 0 Å². The predicted molar refractivity (Wildman–Crippen MR) is 75.4 cm³/mol. The van der Waals surface area contributed by atoms with E-state index in [-0.39, 0.29) is 0 Å². The van der Waals surface area contributed by atoms with Crippen LogP contribution >= 0.6 is 0 Å². The Morgan fingerprint density at radius 2 is 1.83 bits per heavy atom. The van der Waals surface area contributed by atoms with Crippen molar-refractivity contribution in [2.75, 3.05) is 26.8 Å². The molecule has 0 aromatic heterocycles. The molecule has 0 spiro atoms. The first-order valence-electron chi connectivity index (χ1n) is 6.55. The van der Waals surface area contributed by atoms with Gasteiger partial charge >= 0.3 is 0 Å². The molecule has 1 aromatic rings. The summed E-state index contributed by atoms with van der Waals surface area (Å²) in [7, 11) is 1.66. The van der Waals surface area contributed by atoms with Crippen molar-refractivity contribution in [1.29, 1.82) is 0 Å². The van der Waals surface area contributed by atoms with Crippen LogP contribution in [0.1, 0.15) is 27.2 Å². The van der Waals surface area contributed by atoms with Crippen molar-refractivity contribution in [3.63, 3.8) is 0 Å². The summed E-state index contributed by atoms with van der Waals surface area (Å²) in [6.45, 7) is 9.26. The van der Waals surface area contributed by atoms with Gasteiger partial charge in [0.2, 0.25) is 0 Å². The van der Waals surface area contributed by atoms with Gasteiger partial charge in [0.05, 0.1) is 7.11 Å². The van der Waals surface area contributed by atoms with E-state index >= 15 is 0 Å². The van der Waals surface area contributed by atoms with E-state index in [1.54, 1.807) is 7.11 Å². The molecule has 0 radical (unpaired) electrons. The molecule has 1 aromatic carbocycles. The first kappa shape index (κ1) is 14.8. The molecule has 0 bridgehead atoms. The molecule has 3 nitrogen and oxygen atoms in total. The molecule has 0 amide bonds. The number of hydrogen-bond acceptors (Lipinski definition) is 3. The van der Waals surface area contributed by atoms with Crippen LogP contribution in [-0.2, 0) is 0 Å². The highest BCUT2D eigenvalue weighted by molar-refractivity contribution is 5.39. The molecule has 0 aliphatic heterocycles. The monoisotopic (exact) mass is 251 g/mol. The maximum Gasteiger partial charge on any atom is 0.161 e. The van der Waals surface area contributed by atoms with Crippen molar-refractivity contribution in [3.8, 4) is 11.5 Å². The Bertz CT molecular complexity index is 350. The average Bonchev–Trinajstić information content (AvgIpc) is 2.38. The number of ether oxygens (including phenoxy) is 2. The lowest BCUT2D eigenvalue weighted by atomic mass is 9.90. The lowest BCUT2D eigenvalue weighted by molar-refractivity contribution is 0.273. The van der Waals surface area contributed by atoms with Gasteiger partial charge in [-0.2, -0.15) is 0 Å². The molecule has 0 saturated carbocycles. The topological polar surface area (TPSA) is 30.5 Å². The molecular formula is C15H25NO2. The number of rotatable bonds is 8. The van der Waals surface area contributed by atoms with Gasteiger partial charge in [-0.25, -0.2) is 0 Å². The molecule has 0 aliphatic rings. The van der Waals surface area contributed by atoms with E-state index in [1.165, 1.54) is 6.42 Å². The zero-order valence-electron chi connectivity index (χ0n) is 12.0. The van der Waals surface area contributed by atoms with Crippen molar-refractivity contribution < 1.29 is 9.47 Å². The fraction of sp³-hybridized carbons (Fsp3) is 0.600. The third-order valence-electron chi connectivity index (χ3n) is 3.17. The lowest BCUT2D eigenvalue weighted by Crippen LogP contribution is -2.31. The highest BCUT2D eigenvalue weighted by Crippen LogP contribution is 2.25.